The molecule has 0 amide bonds. The molecule has 4 nitrogen and oxygen atoms in total. The summed E-state index contributed by atoms with van der Waals surface area (Å²) < 4.78 is 0. The lowest BCUT2D eigenvalue weighted by Gasteiger charge is -2.03. The SMILES string of the molecule is C=NN=C(c1cccnc1)c1cccnc1. The second-order valence-corrected chi connectivity index (χ2v) is 3.07. The van der Waals surface area contributed by atoms with Crippen molar-refractivity contribution in [2.24, 2.45) is 10.2 Å². The van der Waals surface area contributed by atoms with Gasteiger partial charge in [0.05, 0.1) is 0 Å². The lowest BCUT2D eigenvalue weighted by atomic mass is 10.1. The minimum atomic E-state index is 0.719. The highest BCUT2D eigenvalue weighted by Crippen LogP contribution is 2.08. The molecular formula is C12H10N4. The van der Waals surface area contributed by atoms with E-state index in [4.69, 9.17) is 0 Å². The molecule has 2 heterocycles. The third kappa shape index (κ3) is 2.17. The molecule has 0 saturated heterocycles. The van der Waals surface area contributed by atoms with E-state index in [2.05, 4.69) is 26.9 Å². The van der Waals surface area contributed by atoms with Crippen molar-refractivity contribution in [3.05, 3.63) is 60.2 Å². The van der Waals surface area contributed by atoms with Crippen LogP contribution in [0, 0.1) is 0 Å². The van der Waals surface area contributed by atoms with Gasteiger partial charge in [0.25, 0.3) is 0 Å². The van der Waals surface area contributed by atoms with Crippen LogP contribution in [0.25, 0.3) is 0 Å². The molecule has 0 unspecified atom stereocenters. The number of rotatable bonds is 3. The topological polar surface area (TPSA) is 50.5 Å². The Kier molecular flexibility index (Phi) is 3.13. The Balaban J connectivity index is 2.48. The average molecular weight is 210 g/mol. The Bertz CT molecular complexity index is 449. The molecule has 78 valence electrons. The van der Waals surface area contributed by atoms with E-state index < -0.39 is 0 Å². The highest BCUT2D eigenvalue weighted by molar-refractivity contribution is 6.12. The quantitative estimate of drug-likeness (QED) is 0.574. The van der Waals surface area contributed by atoms with Crippen LogP contribution in [-0.2, 0) is 0 Å². The molecule has 0 fully saturated rings. The van der Waals surface area contributed by atoms with Gasteiger partial charge in [-0.15, -0.1) is 0 Å². The van der Waals surface area contributed by atoms with Crippen molar-refractivity contribution < 1.29 is 0 Å². The van der Waals surface area contributed by atoms with Crippen molar-refractivity contribution in [3.63, 3.8) is 0 Å². The number of nitrogens with zero attached hydrogens (tertiary/aromatic N) is 4. The fraction of sp³-hybridized carbons (Fsp3) is 0. The number of aromatic nitrogens is 2. The highest BCUT2D eigenvalue weighted by Gasteiger charge is 2.06. The van der Waals surface area contributed by atoms with Crippen LogP contribution < -0.4 is 0 Å². The third-order valence-corrected chi connectivity index (χ3v) is 2.04. The standard InChI is InChI=1S/C12H10N4/c1-13-16-12(10-4-2-6-14-8-10)11-5-3-7-15-9-11/h2-9H,1H2. The maximum Gasteiger partial charge on any atom is 0.103 e. The molecule has 0 aliphatic carbocycles. The molecule has 0 aliphatic rings. The lowest BCUT2D eigenvalue weighted by Crippen LogP contribution is -2.03. The Morgan fingerprint density at radius 3 is 1.94 bits per heavy atom. The van der Waals surface area contributed by atoms with Crippen molar-refractivity contribution in [1.29, 1.82) is 0 Å². The monoisotopic (exact) mass is 210 g/mol. The summed E-state index contributed by atoms with van der Waals surface area (Å²) >= 11 is 0. The van der Waals surface area contributed by atoms with Gasteiger partial charge in [0.2, 0.25) is 0 Å². The third-order valence-electron chi connectivity index (χ3n) is 2.04. The van der Waals surface area contributed by atoms with E-state index in [-0.39, 0.29) is 0 Å². The molecule has 0 aliphatic heterocycles. The van der Waals surface area contributed by atoms with Gasteiger partial charge >= 0.3 is 0 Å². The van der Waals surface area contributed by atoms with Crippen molar-refractivity contribution >= 4 is 12.4 Å². The summed E-state index contributed by atoms with van der Waals surface area (Å²) in [6, 6.07) is 7.54. The summed E-state index contributed by atoms with van der Waals surface area (Å²) in [5.41, 5.74) is 2.50. The van der Waals surface area contributed by atoms with Crippen LogP contribution in [0.3, 0.4) is 0 Å². The molecule has 2 rings (SSSR count). The molecule has 4 heteroatoms. The summed E-state index contributed by atoms with van der Waals surface area (Å²) in [6.45, 7) is 3.37. The van der Waals surface area contributed by atoms with Crippen LogP contribution in [0.15, 0.2) is 59.3 Å². The molecule has 16 heavy (non-hydrogen) atoms. The zero-order valence-corrected chi connectivity index (χ0v) is 8.61. The maximum absolute atomic E-state index is 4.05. The molecule has 0 radical (unpaired) electrons. The van der Waals surface area contributed by atoms with E-state index in [0.29, 0.717) is 0 Å². The van der Waals surface area contributed by atoms with Crippen LogP contribution in [0.2, 0.25) is 0 Å². The highest BCUT2D eigenvalue weighted by atomic mass is 15.2. The van der Waals surface area contributed by atoms with Gasteiger partial charge < -0.3 is 0 Å². The van der Waals surface area contributed by atoms with Crippen LogP contribution in [0.1, 0.15) is 11.1 Å². The predicted molar refractivity (Wildman–Crippen MR) is 63.7 cm³/mol. The molecule has 0 aromatic carbocycles. The van der Waals surface area contributed by atoms with Gasteiger partial charge in [-0.25, -0.2) is 0 Å². The minimum absolute atomic E-state index is 0.719. The summed E-state index contributed by atoms with van der Waals surface area (Å²) in [5, 5.41) is 7.59. The molecule has 0 saturated carbocycles. The smallest absolute Gasteiger partial charge is 0.103 e. The zero-order valence-electron chi connectivity index (χ0n) is 8.61. The van der Waals surface area contributed by atoms with Gasteiger partial charge in [0.1, 0.15) is 5.71 Å². The van der Waals surface area contributed by atoms with Gasteiger partial charge in [0, 0.05) is 42.6 Å². The lowest BCUT2D eigenvalue weighted by molar-refractivity contribution is 1.23. The number of hydrogen-bond donors (Lipinski definition) is 0. The van der Waals surface area contributed by atoms with Gasteiger partial charge in [-0.2, -0.15) is 10.2 Å². The fourth-order valence-electron chi connectivity index (χ4n) is 1.36. The van der Waals surface area contributed by atoms with Gasteiger partial charge in [-0.1, -0.05) is 0 Å². The predicted octanol–water partition coefficient (Wildman–Crippen LogP) is 1.93. The van der Waals surface area contributed by atoms with Gasteiger partial charge in [-0.3, -0.25) is 9.97 Å². The van der Waals surface area contributed by atoms with Crippen LogP contribution in [-0.4, -0.2) is 22.4 Å². The normalized spacial score (nSPS) is 9.50. The van der Waals surface area contributed by atoms with Crippen molar-refractivity contribution in [2.45, 2.75) is 0 Å². The second-order valence-electron chi connectivity index (χ2n) is 3.07. The number of pyridine rings is 2. The second kappa shape index (κ2) is 4.93. The van der Waals surface area contributed by atoms with E-state index in [1.807, 2.05) is 24.3 Å². The zero-order chi connectivity index (χ0) is 11.2. The van der Waals surface area contributed by atoms with Crippen molar-refractivity contribution in [1.82, 2.24) is 9.97 Å². The first-order valence-electron chi connectivity index (χ1n) is 4.76. The van der Waals surface area contributed by atoms with Gasteiger partial charge in [-0.05, 0) is 24.3 Å². The minimum Gasteiger partial charge on any atom is -0.264 e. The van der Waals surface area contributed by atoms with E-state index in [1.54, 1.807) is 24.8 Å². The molecular weight excluding hydrogens is 200 g/mol. The molecule has 2 aromatic heterocycles. The largest absolute Gasteiger partial charge is 0.264 e. The van der Waals surface area contributed by atoms with E-state index >= 15 is 0 Å². The Labute approximate surface area is 93.4 Å². The van der Waals surface area contributed by atoms with E-state index in [1.165, 1.54) is 0 Å². The average Bonchev–Trinajstić information content (AvgIpc) is 2.38. The van der Waals surface area contributed by atoms with Crippen molar-refractivity contribution in [2.75, 3.05) is 0 Å². The van der Waals surface area contributed by atoms with Crippen LogP contribution >= 0.6 is 0 Å². The Morgan fingerprint density at radius 2 is 1.56 bits per heavy atom. The van der Waals surface area contributed by atoms with Crippen molar-refractivity contribution in [3.8, 4) is 0 Å². The Hall–Kier alpha value is -2.36. The molecule has 0 N–H and O–H groups in total. The number of hydrogen-bond acceptors (Lipinski definition) is 4. The maximum atomic E-state index is 4.05. The van der Waals surface area contributed by atoms with Crippen LogP contribution in [0.4, 0.5) is 0 Å². The Morgan fingerprint density at radius 1 is 1.00 bits per heavy atom. The summed E-state index contributed by atoms with van der Waals surface area (Å²) in [5.74, 6) is 0. The first-order chi connectivity index (χ1) is 7.92. The summed E-state index contributed by atoms with van der Waals surface area (Å²) in [7, 11) is 0. The molecule has 0 bridgehead atoms. The molecule has 2 aromatic rings. The summed E-state index contributed by atoms with van der Waals surface area (Å²) in [4.78, 5) is 8.10. The molecule has 0 spiro atoms. The fourth-order valence-corrected chi connectivity index (χ4v) is 1.36. The van der Waals surface area contributed by atoms with Crippen LogP contribution in [0.5, 0.6) is 0 Å². The van der Waals surface area contributed by atoms with E-state index in [0.717, 1.165) is 16.8 Å². The van der Waals surface area contributed by atoms with E-state index in [9.17, 15) is 0 Å². The van der Waals surface area contributed by atoms with Gasteiger partial charge in [0.15, 0.2) is 0 Å². The first kappa shape index (κ1) is 10.2. The summed E-state index contributed by atoms with van der Waals surface area (Å²) in [6.07, 6.45) is 6.89. The first-order valence-corrected chi connectivity index (χ1v) is 4.76. The molecule has 0 atom stereocenters.